The second-order valence-electron chi connectivity index (χ2n) is 13.8. The van der Waals surface area contributed by atoms with Gasteiger partial charge in [-0.1, -0.05) is 32.0 Å². The molecule has 0 radical (unpaired) electrons. The number of aromatic hydroxyl groups is 1. The number of nitriles is 1. The molecule has 0 spiro atoms. The molecule has 1 unspecified atom stereocenters. The van der Waals surface area contributed by atoms with Crippen LogP contribution in [0.15, 0.2) is 66.7 Å². The molecule has 12 nitrogen and oxygen atoms in total. The lowest BCUT2D eigenvalue weighted by Gasteiger charge is -2.32. The van der Waals surface area contributed by atoms with E-state index in [9.17, 15) is 15.5 Å². The van der Waals surface area contributed by atoms with Gasteiger partial charge in [-0.3, -0.25) is 0 Å². The third-order valence-electron chi connectivity index (χ3n) is 10.2. The van der Waals surface area contributed by atoms with Gasteiger partial charge in [0, 0.05) is 13.0 Å². The highest BCUT2D eigenvalue weighted by Gasteiger charge is 2.36. The van der Waals surface area contributed by atoms with Gasteiger partial charge >= 0.3 is 0 Å². The zero-order valence-corrected chi connectivity index (χ0v) is 35.3. The highest BCUT2D eigenvalue weighted by Crippen LogP contribution is 2.42. The van der Waals surface area contributed by atoms with Gasteiger partial charge < -0.3 is 53.0 Å². The lowest BCUT2D eigenvalue weighted by atomic mass is 9.69. The van der Waals surface area contributed by atoms with Crippen molar-refractivity contribution in [1.29, 1.82) is 5.26 Å². The summed E-state index contributed by atoms with van der Waals surface area (Å²) in [5, 5.41) is 30.6. The second-order valence-corrected chi connectivity index (χ2v) is 13.8. The highest BCUT2D eigenvalue weighted by molar-refractivity contribution is 5.54. The first-order valence-electron chi connectivity index (χ1n) is 18.8. The number of hydrogen-bond acceptors (Lipinski definition) is 12. The zero-order chi connectivity index (χ0) is 42.1. The molecule has 0 saturated heterocycles. The molecule has 4 aromatic carbocycles. The van der Waals surface area contributed by atoms with Crippen LogP contribution in [0, 0.1) is 17.2 Å². The predicted molar refractivity (Wildman–Crippen MR) is 221 cm³/mol. The Morgan fingerprint density at radius 3 is 1.67 bits per heavy atom. The van der Waals surface area contributed by atoms with Crippen LogP contribution in [0.25, 0.3) is 0 Å². The largest absolute Gasteiger partial charge is 0.504 e. The molecular formula is C45H60N2O10. The summed E-state index contributed by atoms with van der Waals surface area (Å²) < 4.78 is 42.5. The molecule has 0 aromatic heterocycles. The molecule has 2 N–H and O–H groups in total. The maximum Gasteiger partial charge on any atom is 0.203 e. The van der Waals surface area contributed by atoms with E-state index in [-0.39, 0.29) is 11.7 Å². The van der Waals surface area contributed by atoms with E-state index in [1.165, 1.54) is 34.0 Å². The quantitative estimate of drug-likeness (QED) is 0.0903. The number of methoxy groups -OCH3 is 8. The summed E-state index contributed by atoms with van der Waals surface area (Å²) in [6.07, 6.45) is 2.13. The topological polar surface area (TPSA) is 141 Å². The molecule has 0 saturated carbocycles. The molecule has 310 valence electrons. The number of likely N-dealkylation sites (N-methyl/N-ethyl adjacent to an activating group) is 1. The third kappa shape index (κ3) is 11.8. The van der Waals surface area contributed by atoms with Crippen LogP contribution < -0.4 is 37.9 Å². The van der Waals surface area contributed by atoms with E-state index < -0.39 is 11.5 Å². The zero-order valence-electron chi connectivity index (χ0n) is 35.3. The van der Waals surface area contributed by atoms with Gasteiger partial charge in [0.25, 0.3) is 0 Å². The van der Waals surface area contributed by atoms with Crippen LogP contribution in [0.4, 0.5) is 0 Å². The van der Waals surface area contributed by atoms with Crippen molar-refractivity contribution in [2.24, 2.45) is 5.92 Å². The van der Waals surface area contributed by atoms with Crippen molar-refractivity contribution < 1.29 is 48.1 Å². The number of rotatable bonds is 20. The number of benzene rings is 4. The SMILES string of the molecule is COc1ccc(CCN(C)CCCC(C#N)(c2ccc(OC)c(OC)c2)C(C)C)cc1OC.COc1ccc(C[C@@H](O)c2cc(OC)c(OC)c(OC)c2)cc1O. The molecule has 57 heavy (non-hydrogen) atoms. The molecule has 4 rings (SSSR count). The Balaban J connectivity index is 0.000000321. The van der Waals surface area contributed by atoms with Crippen molar-refractivity contribution >= 4 is 0 Å². The molecule has 4 aromatic rings. The molecule has 0 aliphatic heterocycles. The van der Waals surface area contributed by atoms with Gasteiger partial charge in [-0.05, 0) is 110 Å². The standard InChI is InChI=1S/C27H38N2O4.C18H22O6/c1-20(2)27(19-28,22-10-12-24(31-5)26(18-22)33-7)14-8-15-29(3)16-13-21-9-11-23(30-4)25(17-21)32-6;1-21-15-6-5-11(8-14(15)20)7-13(19)12-9-16(22-2)18(24-4)17(10-12)23-3/h9-12,17-18,20H,8,13-16H2,1-7H3;5-6,8-10,13,19-20H,7H2,1-4H3/t;13-/m.1/s1. The molecule has 12 heteroatoms. The molecule has 0 heterocycles. The Labute approximate surface area is 338 Å². The summed E-state index contributed by atoms with van der Waals surface area (Å²) in [5.41, 5.74) is 3.00. The first kappa shape index (κ1) is 45.9. The molecule has 2 atom stereocenters. The minimum atomic E-state index is -0.800. The Hall–Kier alpha value is -5.51. The van der Waals surface area contributed by atoms with Crippen molar-refractivity contribution in [3.63, 3.8) is 0 Å². The van der Waals surface area contributed by atoms with E-state index in [4.69, 9.17) is 37.9 Å². The molecule has 0 bridgehead atoms. The first-order chi connectivity index (χ1) is 27.4. The lowest BCUT2D eigenvalue weighted by Crippen LogP contribution is -2.32. The van der Waals surface area contributed by atoms with Crippen molar-refractivity contribution in [3.05, 3.63) is 89.0 Å². The summed E-state index contributed by atoms with van der Waals surface area (Å²) in [7, 11) is 14.7. The second kappa shape index (κ2) is 22.3. The average molecular weight is 789 g/mol. The third-order valence-corrected chi connectivity index (χ3v) is 10.2. The minimum Gasteiger partial charge on any atom is -0.504 e. The maximum absolute atomic E-state index is 10.5. The molecule has 0 aliphatic carbocycles. The Kier molecular flexibility index (Phi) is 17.9. The highest BCUT2D eigenvalue weighted by atomic mass is 16.5. The summed E-state index contributed by atoms with van der Waals surface area (Å²) in [4.78, 5) is 2.31. The number of hydrogen-bond donors (Lipinski definition) is 2. The Bertz CT molecular complexity index is 1880. The van der Waals surface area contributed by atoms with E-state index in [0.29, 0.717) is 46.5 Å². The minimum absolute atomic E-state index is 0.0343. The summed E-state index contributed by atoms with van der Waals surface area (Å²) in [5.74, 6) is 4.83. The Morgan fingerprint density at radius 2 is 1.16 bits per heavy atom. The van der Waals surface area contributed by atoms with Crippen molar-refractivity contribution in [1.82, 2.24) is 4.90 Å². The van der Waals surface area contributed by atoms with Gasteiger partial charge in [-0.15, -0.1) is 0 Å². The molecular weight excluding hydrogens is 728 g/mol. The van der Waals surface area contributed by atoms with E-state index in [2.05, 4.69) is 37.9 Å². The van der Waals surface area contributed by atoms with Crippen LogP contribution in [-0.2, 0) is 18.3 Å². The lowest BCUT2D eigenvalue weighted by molar-refractivity contribution is 0.177. The number of phenolic OH excluding ortho intramolecular Hbond substituents is 1. The van der Waals surface area contributed by atoms with Gasteiger partial charge in [-0.25, -0.2) is 0 Å². The number of aliphatic hydroxyl groups is 1. The summed E-state index contributed by atoms with van der Waals surface area (Å²) in [6, 6.07) is 22.9. The predicted octanol–water partition coefficient (Wildman–Crippen LogP) is 7.80. The summed E-state index contributed by atoms with van der Waals surface area (Å²) >= 11 is 0. The van der Waals surface area contributed by atoms with Crippen LogP contribution >= 0.6 is 0 Å². The Morgan fingerprint density at radius 1 is 0.632 bits per heavy atom. The van der Waals surface area contributed by atoms with E-state index in [1.54, 1.807) is 58.8 Å². The van der Waals surface area contributed by atoms with Crippen molar-refractivity contribution in [2.75, 3.05) is 77.0 Å². The fraction of sp³-hybridized carbons (Fsp3) is 0.444. The normalized spacial score (nSPS) is 12.4. The van der Waals surface area contributed by atoms with E-state index in [1.807, 2.05) is 30.3 Å². The number of ether oxygens (including phenoxy) is 8. The van der Waals surface area contributed by atoms with Crippen LogP contribution in [0.5, 0.6) is 51.7 Å². The van der Waals surface area contributed by atoms with Crippen LogP contribution in [0.2, 0.25) is 0 Å². The van der Waals surface area contributed by atoms with Crippen molar-refractivity contribution in [3.8, 4) is 57.8 Å². The van der Waals surface area contributed by atoms with E-state index in [0.717, 1.165) is 55.0 Å². The molecule has 0 aliphatic rings. The van der Waals surface area contributed by atoms with Crippen LogP contribution in [0.1, 0.15) is 55.0 Å². The first-order valence-corrected chi connectivity index (χ1v) is 18.8. The number of aliphatic hydroxyl groups excluding tert-OH is 1. The maximum atomic E-state index is 10.5. The van der Waals surface area contributed by atoms with Crippen LogP contribution in [-0.4, -0.2) is 92.1 Å². The fourth-order valence-corrected chi connectivity index (χ4v) is 6.72. The van der Waals surface area contributed by atoms with Gasteiger partial charge in [0.15, 0.2) is 46.0 Å². The number of phenols is 1. The summed E-state index contributed by atoms with van der Waals surface area (Å²) in [6.45, 7) is 6.06. The smallest absolute Gasteiger partial charge is 0.203 e. The van der Waals surface area contributed by atoms with Gasteiger partial charge in [0.05, 0.1) is 74.5 Å². The molecule has 0 fully saturated rings. The number of nitrogens with zero attached hydrogens (tertiary/aromatic N) is 2. The van der Waals surface area contributed by atoms with Crippen LogP contribution in [0.3, 0.4) is 0 Å². The van der Waals surface area contributed by atoms with E-state index >= 15 is 0 Å². The van der Waals surface area contributed by atoms with Crippen molar-refractivity contribution in [2.45, 2.75) is 51.0 Å². The van der Waals surface area contributed by atoms with Gasteiger partial charge in [0.1, 0.15) is 0 Å². The monoisotopic (exact) mass is 788 g/mol. The van der Waals surface area contributed by atoms with Gasteiger partial charge in [-0.2, -0.15) is 5.26 Å². The fourth-order valence-electron chi connectivity index (χ4n) is 6.72. The van der Waals surface area contributed by atoms with Gasteiger partial charge in [0.2, 0.25) is 5.75 Å². The molecule has 0 amide bonds. The average Bonchev–Trinajstić information content (AvgIpc) is 3.23.